The third kappa shape index (κ3) is 2.43. The summed E-state index contributed by atoms with van der Waals surface area (Å²) in [4.78, 5) is 24.7. The van der Waals surface area contributed by atoms with Crippen molar-refractivity contribution in [2.75, 3.05) is 20.2 Å². The van der Waals surface area contributed by atoms with Crippen LogP contribution in [0.4, 0.5) is 4.79 Å². The minimum Gasteiger partial charge on any atom is -0.480 e. The Morgan fingerprint density at radius 3 is 2.61 bits per heavy atom. The minimum absolute atomic E-state index is 0.0319. The zero-order chi connectivity index (χ0) is 13.3. The Balaban J connectivity index is 1.92. The summed E-state index contributed by atoms with van der Waals surface area (Å²) in [6, 6.07) is -0.288. The van der Waals surface area contributed by atoms with Crippen molar-refractivity contribution in [2.24, 2.45) is 5.92 Å². The standard InChI is InChI=1S/C12H20N2O4/c1-8-3-6-14(7-9(8)18-2)11(17)13-12(4-5-12)10(15)16/h8-9H,3-7H2,1-2H3,(H,13,17)(H,15,16). The van der Waals surface area contributed by atoms with E-state index in [2.05, 4.69) is 12.2 Å². The smallest absolute Gasteiger partial charge is 0.329 e. The number of hydrogen-bond donors (Lipinski definition) is 2. The monoisotopic (exact) mass is 256 g/mol. The van der Waals surface area contributed by atoms with Crippen molar-refractivity contribution < 1.29 is 19.4 Å². The number of piperidine rings is 1. The number of urea groups is 1. The molecule has 1 heterocycles. The highest BCUT2D eigenvalue weighted by atomic mass is 16.5. The van der Waals surface area contributed by atoms with Crippen molar-refractivity contribution in [2.45, 2.75) is 37.8 Å². The van der Waals surface area contributed by atoms with Gasteiger partial charge in [-0.2, -0.15) is 0 Å². The maximum Gasteiger partial charge on any atom is 0.329 e. The van der Waals surface area contributed by atoms with Gasteiger partial charge in [-0.15, -0.1) is 0 Å². The summed E-state index contributed by atoms with van der Waals surface area (Å²) in [7, 11) is 1.64. The number of nitrogens with zero attached hydrogens (tertiary/aromatic N) is 1. The highest BCUT2D eigenvalue weighted by molar-refractivity contribution is 5.89. The van der Waals surface area contributed by atoms with Crippen LogP contribution >= 0.6 is 0 Å². The van der Waals surface area contributed by atoms with Crippen LogP contribution in [0.1, 0.15) is 26.2 Å². The molecule has 0 spiro atoms. The van der Waals surface area contributed by atoms with Gasteiger partial charge in [0, 0.05) is 20.2 Å². The molecule has 1 saturated heterocycles. The second kappa shape index (κ2) is 4.76. The van der Waals surface area contributed by atoms with Crippen molar-refractivity contribution in [3.05, 3.63) is 0 Å². The first kappa shape index (κ1) is 13.1. The zero-order valence-corrected chi connectivity index (χ0v) is 10.8. The number of carboxylic acids is 1. The predicted molar refractivity (Wildman–Crippen MR) is 64.3 cm³/mol. The number of carbonyl (C=O) groups excluding carboxylic acids is 1. The first-order valence-electron chi connectivity index (χ1n) is 6.32. The lowest BCUT2D eigenvalue weighted by Gasteiger charge is -2.36. The van der Waals surface area contributed by atoms with Gasteiger partial charge in [0.1, 0.15) is 5.54 Å². The fourth-order valence-corrected chi connectivity index (χ4v) is 2.33. The van der Waals surface area contributed by atoms with Gasteiger partial charge in [-0.25, -0.2) is 9.59 Å². The Hall–Kier alpha value is -1.30. The molecule has 6 heteroatoms. The van der Waals surface area contributed by atoms with Gasteiger partial charge in [0.15, 0.2) is 0 Å². The number of methoxy groups -OCH3 is 1. The second-order valence-corrected chi connectivity index (χ2v) is 5.30. The van der Waals surface area contributed by atoms with Gasteiger partial charge in [0.25, 0.3) is 0 Å². The molecule has 0 aromatic carbocycles. The van der Waals surface area contributed by atoms with Gasteiger partial charge < -0.3 is 20.1 Å². The van der Waals surface area contributed by atoms with Gasteiger partial charge in [-0.3, -0.25) is 0 Å². The van der Waals surface area contributed by atoms with E-state index in [1.807, 2.05) is 0 Å². The number of hydrogen-bond acceptors (Lipinski definition) is 3. The first-order valence-corrected chi connectivity index (χ1v) is 6.32. The summed E-state index contributed by atoms with van der Waals surface area (Å²) in [5.74, 6) is -0.516. The molecule has 0 aromatic heterocycles. The van der Waals surface area contributed by atoms with Crippen molar-refractivity contribution in [3.8, 4) is 0 Å². The molecule has 102 valence electrons. The van der Waals surface area contributed by atoms with Crippen LogP contribution in [0, 0.1) is 5.92 Å². The van der Waals surface area contributed by atoms with Crippen LogP contribution in [-0.2, 0) is 9.53 Å². The number of nitrogens with one attached hydrogen (secondary N) is 1. The SMILES string of the molecule is COC1CN(C(=O)NC2(C(=O)O)CC2)CCC1C. The van der Waals surface area contributed by atoms with Crippen molar-refractivity contribution in [3.63, 3.8) is 0 Å². The molecule has 2 unspecified atom stereocenters. The van der Waals surface area contributed by atoms with E-state index in [4.69, 9.17) is 9.84 Å². The Bertz CT molecular complexity index is 354. The largest absolute Gasteiger partial charge is 0.480 e. The molecule has 18 heavy (non-hydrogen) atoms. The van der Waals surface area contributed by atoms with E-state index in [-0.39, 0.29) is 12.1 Å². The normalized spacial score (nSPS) is 29.8. The number of rotatable bonds is 3. The second-order valence-electron chi connectivity index (χ2n) is 5.30. The summed E-state index contributed by atoms with van der Waals surface area (Å²) >= 11 is 0. The van der Waals surface area contributed by atoms with E-state index in [0.29, 0.717) is 31.8 Å². The van der Waals surface area contributed by atoms with Crippen LogP contribution in [0.15, 0.2) is 0 Å². The van der Waals surface area contributed by atoms with Crippen molar-refractivity contribution in [1.82, 2.24) is 10.2 Å². The van der Waals surface area contributed by atoms with Crippen LogP contribution in [0.5, 0.6) is 0 Å². The maximum absolute atomic E-state index is 12.0. The molecule has 2 atom stereocenters. The summed E-state index contributed by atoms with van der Waals surface area (Å²) < 4.78 is 5.34. The van der Waals surface area contributed by atoms with Crippen molar-refractivity contribution >= 4 is 12.0 Å². The van der Waals surface area contributed by atoms with E-state index in [1.54, 1.807) is 12.0 Å². The van der Waals surface area contributed by atoms with Gasteiger partial charge in [-0.05, 0) is 25.2 Å². The van der Waals surface area contributed by atoms with E-state index < -0.39 is 11.5 Å². The molecule has 2 aliphatic rings. The Kier molecular flexibility index (Phi) is 3.47. The molecule has 0 aromatic rings. The van der Waals surface area contributed by atoms with Crippen LogP contribution in [0.2, 0.25) is 0 Å². The summed E-state index contributed by atoms with van der Waals surface area (Å²) in [6.45, 7) is 3.28. The lowest BCUT2D eigenvalue weighted by atomic mass is 9.96. The lowest BCUT2D eigenvalue weighted by Crippen LogP contribution is -2.54. The Morgan fingerprint density at radius 2 is 2.11 bits per heavy atom. The highest BCUT2D eigenvalue weighted by Crippen LogP contribution is 2.35. The van der Waals surface area contributed by atoms with E-state index in [9.17, 15) is 9.59 Å². The van der Waals surface area contributed by atoms with Crippen LogP contribution in [0.25, 0.3) is 0 Å². The molecule has 6 nitrogen and oxygen atoms in total. The van der Waals surface area contributed by atoms with Gasteiger partial charge >= 0.3 is 12.0 Å². The average Bonchev–Trinajstić information content (AvgIpc) is 3.10. The molecule has 2 fully saturated rings. The number of ether oxygens (including phenoxy) is 1. The predicted octanol–water partition coefficient (Wildman–Crippen LogP) is 0.670. The van der Waals surface area contributed by atoms with Gasteiger partial charge in [0.2, 0.25) is 0 Å². The molecular weight excluding hydrogens is 236 g/mol. The Morgan fingerprint density at radius 1 is 1.44 bits per heavy atom. The number of amides is 2. The number of carbonyl (C=O) groups is 2. The minimum atomic E-state index is -1.01. The lowest BCUT2D eigenvalue weighted by molar-refractivity contribution is -0.140. The zero-order valence-electron chi connectivity index (χ0n) is 10.8. The molecule has 1 aliphatic carbocycles. The summed E-state index contributed by atoms with van der Waals surface area (Å²) in [5.41, 5.74) is -1.01. The van der Waals surface area contributed by atoms with E-state index in [1.165, 1.54) is 0 Å². The third-order valence-corrected chi connectivity index (χ3v) is 3.98. The number of likely N-dealkylation sites (tertiary alicyclic amines) is 1. The van der Waals surface area contributed by atoms with Crippen LogP contribution in [0.3, 0.4) is 0 Å². The topological polar surface area (TPSA) is 78.9 Å². The summed E-state index contributed by atoms with van der Waals surface area (Å²) in [5, 5.41) is 11.7. The van der Waals surface area contributed by atoms with E-state index >= 15 is 0 Å². The molecule has 2 N–H and O–H groups in total. The average molecular weight is 256 g/mol. The molecule has 2 amide bonds. The molecular formula is C12H20N2O4. The number of aliphatic carboxylic acids is 1. The fraction of sp³-hybridized carbons (Fsp3) is 0.833. The highest BCUT2D eigenvalue weighted by Gasteiger charge is 2.52. The third-order valence-electron chi connectivity index (χ3n) is 3.98. The maximum atomic E-state index is 12.0. The van der Waals surface area contributed by atoms with Gasteiger partial charge in [0.05, 0.1) is 6.10 Å². The first-order chi connectivity index (χ1) is 8.48. The molecule has 1 aliphatic heterocycles. The summed E-state index contributed by atoms with van der Waals surface area (Å²) in [6.07, 6.45) is 1.95. The van der Waals surface area contributed by atoms with Gasteiger partial charge in [-0.1, -0.05) is 6.92 Å². The van der Waals surface area contributed by atoms with E-state index in [0.717, 1.165) is 6.42 Å². The Labute approximate surface area is 106 Å². The molecule has 0 bridgehead atoms. The van der Waals surface area contributed by atoms with Crippen LogP contribution < -0.4 is 5.32 Å². The quantitative estimate of drug-likeness (QED) is 0.778. The molecule has 1 saturated carbocycles. The molecule has 0 radical (unpaired) electrons. The molecule has 2 rings (SSSR count). The fourth-order valence-electron chi connectivity index (χ4n) is 2.33. The number of carboxylic acid groups (broad SMARTS) is 1. The van der Waals surface area contributed by atoms with Crippen molar-refractivity contribution in [1.29, 1.82) is 0 Å². The van der Waals surface area contributed by atoms with Crippen LogP contribution in [-0.4, -0.2) is 53.8 Å².